The maximum atomic E-state index is 4.00. The van der Waals surface area contributed by atoms with Gasteiger partial charge in [-0.1, -0.05) is 85.2 Å². The van der Waals surface area contributed by atoms with Crippen LogP contribution in [0, 0.1) is 0 Å². The Morgan fingerprint density at radius 2 is 1.62 bits per heavy atom. The Balaban J connectivity index is 2.39. The molecule has 0 aliphatic carbocycles. The Morgan fingerprint density at radius 1 is 0.905 bits per heavy atom. The first-order valence-corrected chi connectivity index (χ1v) is 8.93. The molecule has 2 atom stereocenters. The van der Waals surface area contributed by atoms with Gasteiger partial charge >= 0.3 is 0 Å². The lowest BCUT2D eigenvalue weighted by Crippen LogP contribution is -2.08. The van der Waals surface area contributed by atoms with Crippen LogP contribution in [0.4, 0.5) is 0 Å². The average Bonchev–Trinajstić information content (AvgIpc) is 2.55. The van der Waals surface area contributed by atoms with E-state index in [0.717, 1.165) is 19.3 Å². The van der Waals surface area contributed by atoms with Crippen molar-refractivity contribution in [2.75, 3.05) is 0 Å². The third-order valence-corrected chi connectivity index (χ3v) is 5.45. The molecule has 0 heterocycles. The van der Waals surface area contributed by atoms with Gasteiger partial charge in [-0.15, -0.1) is 0 Å². The van der Waals surface area contributed by atoms with Crippen molar-refractivity contribution in [3.05, 3.63) is 70.8 Å². The molecule has 0 nitrogen and oxygen atoms in total. The lowest BCUT2D eigenvalue weighted by atomic mass is 9.86. The van der Waals surface area contributed by atoms with Crippen LogP contribution in [0.3, 0.4) is 0 Å². The summed E-state index contributed by atoms with van der Waals surface area (Å²) in [6.07, 6.45) is 3.32. The number of hydrogen-bond acceptors (Lipinski definition) is 0. The molecule has 2 aromatic carbocycles. The summed E-state index contributed by atoms with van der Waals surface area (Å²) in [5.41, 5.74) is 5.77. The van der Waals surface area contributed by atoms with Crippen molar-refractivity contribution >= 4 is 15.9 Å². The zero-order valence-electron chi connectivity index (χ0n) is 13.3. The minimum absolute atomic E-state index is 0.381. The topological polar surface area (TPSA) is 0 Å². The second-order valence-corrected chi connectivity index (χ2v) is 6.55. The molecule has 0 N–H and O–H groups in total. The fraction of sp³-hybridized carbons (Fsp3) is 0.400. The molecule has 0 spiro atoms. The molecule has 0 radical (unpaired) electrons. The van der Waals surface area contributed by atoms with E-state index in [9.17, 15) is 0 Å². The van der Waals surface area contributed by atoms with Crippen molar-refractivity contribution < 1.29 is 0 Å². The summed E-state index contributed by atoms with van der Waals surface area (Å²) in [4.78, 5) is 0.381. The molecule has 0 fully saturated rings. The Bertz CT molecular complexity index is 559. The van der Waals surface area contributed by atoms with Crippen molar-refractivity contribution in [2.45, 2.75) is 50.8 Å². The molecule has 0 bridgehead atoms. The Labute approximate surface area is 137 Å². The number of alkyl halides is 1. The molecular formula is C20H25Br. The van der Waals surface area contributed by atoms with Gasteiger partial charge in [-0.2, -0.15) is 0 Å². The molecule has 0 saturated heterocycles. The van der Waals surface area contributed by atoms with Gasteiger partial charge in [0.25, 0.3) is 0 Å². The number of hydrogen-bond donors (Lipinski definition) is 0. The van der Waals surface area contributed by atoms with Crippen molar-refractivity contribution in [3.63, 3.8) is 0 Å². The van der Waals surface area contributed by atoms with Crippen molar-refractivity contribution in [2.24, 2.45) is 0 Å². The maximum Gasteiger partial charge on any atom is 0.0466 e. The van der Waals surface area contributed by atoms with Crippen LogP contribution in [-0.2, 0) is 12.8 Å². The molecule has 1 heteroatoms. The largest absolute Gasteiger partial charge is 0.0832 e. The predicted molar refractivity (Wildman–Crippen MR) is 96.3 cm³/mol. The van der Waals surface area contributed by atoms with E-state index in [1.807, 2.05) is 0 Å². The van der Waals surface area contributed by atoms with E-state index in [4.69, 9.17) is 0 Å². The fourth-order valence-corrected chi connectivity index (χ4v) is 4.08. The molecule has 0 aliphatic rings. The molecule has 0 aromatic heterocycles. The SMILES string of the molecule is CCc1ccc(CC)c(C(Br)C(CC)c2ccccc2)c1. The highest BCUT2D eigenvalue weighted by Crippen LogP contribution is 2.41. The van der Waals surface area contributed by atoms with Crippen LogP contribution in [0.25, 0.3) is 0 Å². The summed E-state index contributed by atoms with van der Waals surface area (Å²) >= 11 is 4.00. The highest BCUT2D eigenvalue weighted by Gasteiger charge is 2.22. The number of benzene rings is 2. The first kappa shape index (κ1) is 16.3. The van der Waals surface area contributed by atoms with Gasteiger partial charge in [0, 0.05) is 10.7 Å². The third kappa shape index (κ3) is 3.77. The summed E-state index contributed by atoms with van der Waals surface area (Å²) in [5.74, 6) is 0.517. The Hall–Kier alpha value is -1.08. The van der Waals surface area contributed by atoms with Crippen LogP contribution in [0.5, 0.6) is 0 Å². The molecule has 0 aliphatic heterocycles. The number of halogens is 1. The number of rotatable bonds is 6. The molecule has 2 aromatic rings. The monoisotopic (exact) mass is 344 g/mol. The van der Waals surface area contributed by atoms with Crippen LogP contribution in [0.15, 0.2) is 48.5 Å². The van der Waals surface area contributed by atoms with Crippen LogP contribution in [0.1, 0.15) is 60.2 Å². The molecule has 112 valence electrons. The molecule has 21 heavy (non-hydrogen) atoms. The molecule has 0 saturated carbocycles. The van der Waals surface area contributed by atoms with Gasteiger partial charge in [-0.25, -0.2) is 0 Å². The Kier molecular flexibility index (Phi) is 6.05. The first-order valence-electron chi connectivity index (χ1n) is 8.01. The van der Waals surface area contributed by atoms with Crippen LogP contribution in [0.2, 0.25) is 0 Å². The summed E-state index contributed by atoms with van der Waals surface area (Å²) in [6, 6.07) is 17.8. The minimum atomic E-state index is 0.381. The second kappa shape index (κ2) is 7.79. The summed E-state index contributed by atoms with van der Waals surface area (Å²) in [7, 11) is 0. The highest BCUT2D eigenvalue weighted by molar-refractivity contribution is 9.09. The normalized spacial score (nSPS) is 13.9. The van der Waals surface area contributed by atoms with Gasteiger partial charge in [0.15, 0.2) is 0 Å². The van der Waals surface area contributed by atoms with Crippen LogP contribution < -0.4 is 0 Å². The van der Waals surface area contributed by atoms with Gasteiger partial charge in [-0.05, 0) is 41.5 Å². The van der Waals surface area contributed by atoms with E-state index in [-0.39, 0.29) is 0 Å². The van der Waals surface area contributed by atoms with Crippen molar-refractivity contribution in [3.8, 4) is 0 Å². The molecule has 2 unspecified atom stereocenters. The van der Waals surface area contributed by atoms with E-state index < -0.39 is 0 Å². The van der Waals surface area contributed by atoms with E-state index in [0.29, 0.717) is 10.7 Å². The first-order chi connectivity index (χ1) is 10.2. The summed E-state index contributed by atoms with van der Waals surface area (Å²) in [6.45, 7) is 6.75. The number of aryl methyl sites for hydroxylation is 2. The van der Waals surface area contributed by atoms with Gasteiger partial charge in [0.05, 0.1) is 0 Å². The maximum absolute atomic E-state index is 4.00. The Morgan fingerprint density at radius 3 is 2.19 bits per heavy atom. The molecular weight excluding hydrogens is 320 g/mol. The standard InChI is InChI=1S/C20H25Br/c1-4-15-12-13-16(5-2)19(14-15)20(21)18(6-3)17-10-8-7-9-11-17/h7-14,18,20H,4-6H2,1-3H3. The van der Waals surface area contributed by atoms with Gasteiger partial charge < -0.3 is 0 Å². The van der Waals surface area contributed by atoms with E-state index in [2.05, 4.69) is 85.2 Å². The van der Waals surface area contributed by atoms with E-state index in [1.54, 1.807) is 0 Å². The van der Waals surface area contributed by atoms with Crippen LogP contribution >= 0.6 is 15.9 Å². The van der Waals surface area contributed by atoms with Gasteiger partial charge in [0.1, 0.15) is 0 Å². The predicted octanol–water partition coefficient (Wildman–Crippen LogP) is 6.44. The lowest BCUT2D eigenvalue weighted by Gasteiger charge is -2.24. The van der Waals surface area contributed by atoms with E-state index >= 15 is 0 Å². The zero-order chi connectivity index (χ0) is 15.2. The lowest BCUT2D eigenvalue weighted by molar-refractivity contribution is 0.651. The smallest absolute Gasteiger partial charge is 0.0466 e. The van der Waals surface area contributed by atoms with Crippen LogP contribution in [-0.4, -0.2) is 0 Å². The summed E-state index contributed by atoms with van der Waals surface area (Å²) < 4.78 is 0. The summed E-state index contributed by atoms with van der Waals surface area (Å²) in [5, 5.41) is 0. The third-order valence-electron chi connectivity index (χ3n) is 4.32. The molecule has 2 rings (SSSR count). The van der Waals surface area contributed by atoms with Crippen molar-refractivity contribution in [1.29, 1.82) is 0 Å². The minimum Gasteiger partial charge on any atom is -0.0832 e. The van der Waals surface area contributed by atoms with E-state index in [1.165, 1.54) is 22.3 Å². The quantitative estimate of drug-likeness (QED) is 0.528. The zero-order valence-corrected chi connectivity index (χ0v) is 14.9. The fourth-order valence-electron chi connectivity index (χ4n) is 2.97. The average molecular weight is 345 g/mol. The van der Waals surface area contributed by atoms with Crippen molar-refractivity contribution in [1.82, 2.24) is 0 Å². The van der Waals surface area contributed by atoms with Gasteiger partial charge in [0.2, 0.25) is 0 Å². The second-order valence-electron chi connectivity index (χ2n) is 5.57. The highest BCUT2D eigenvalue weighted by atomic mass is 79.9. The molecule has 0 amide bonds. The van der Waals surface area contributed by atoms with Gasteiger partial charge in [-0.3, -0.25) is 0 Å².